The lowest BCUT2D eigenvalue weighted by Gasteiger charge is -2.48. The molecule has 1 aliphatic heterocycles. The highest BCUT2D eigenvalue weighted by Gasteiger charge is 2.55. The molecule has 1 amide bonds. The van der Waals surface area contributed by atoms with Crippen molar-refractivity contribution in [2.24, 2.45) is 47.3 Å². The first-order valence-corrected chi connectivity index (χ1v) is 47.3. The summed E-state index contributed by atoms with van der Waals surface area (Å²) in [6.45, 7) is 50.3. The Morgan fingerprint density at radius 3 is 0.938 bits per heavy atom. The van der Waals surface area contributed by atoms with E-state index in [0.717, 1.165) is 199 Å². The van der Waals surface area contributed by atoms with Gasteiger partial charge in [0, 0.05) is 334 Å². The second-order valence-electron chi connectivity index (χ2n) is 39.4. The quantitative estimate of drug-likeness (QED) is 0.140. The van der Waals surface area contributed by atoms with Gasteiger partial charge in [0.15, 0.2) is 17.3 Å². The van der Waals surface area contributed by atoms with Crippen molar-refractivity contribution < 1.29 is 225 Å². The van der Waals surface area contributed by atoms with Gasteiger partial charge < -0.3 is 24.4 Å². The van der Waals surface area contributed by atoms with Crippen molar-refractivity contribution in [3.05, 3.63) is 282 Å². The zero-order valence-electron chi connectivity index (χ0n) is 210. The van der Waals surface area contributed by atoms with Gasteiger partial charge in [-0.05, 0) is 133 Å². The van der Waals surface area contributed by atoms with Crippen LogP contribution in [0.15, 0.2) is 168 Å². The summed E-state index contributed by atoms with van der Waals surface area (Å²) in [5.74, 6) is 5.74. The number of aromatic nitrogens is 8. The SMILES string of the molecule is Cl.[3HH].[3H][3H].[3H][3H].[3H][3H].[3H][3H].[3H][3H].[3H][3H].[3H][3H].[3H][3H].[3H][3H].[3H][3H].[3H][3H].[3H][3H].[3H][3H].[3H][3H].[3H][3H].[3H][3H].[3H][3H].[3H][3H].[3H][3H].[3H][3H].[3H][3H].[3H][3H].[3H][3H].[3H][3H].[3H][3H].[3H][3H].[3H][3H].[3H][3H].[3H][3H].[3H][3H].[3H][3H].[3H][3H].[3H][3H].[3H][3H].[3H][3H].[3H][3H].[3H][3H].[3H][3H].[3H][3H].[3H][3H].[3H][3H].[3H][3H].[3H][3H].[3H][3H].[3H][3H].[3H][3H].[3H][3H].[3H][3H].[3H][3H].[3H][3H].[3H][3H].[3H][3H].[3H][3H].[3H][3H].[3H][3H].[3H][3H].[3H][3H].[3H][3H].[3H][3H].[3H][3H].[3H][3H].[3H][3H].[3H][3H].[3H][3H].[3H][3H].[3H][3H].[3H][3H].[C-]#[N+]C1=C(O)[C@H](C)[C@H]2CCc3c(-c4ccccc4)nc(C4CCCCC4)nc3[C@]2(C)C1.[C-]#[N+]C1=C[C@@]2(C)c3nc(C4CCCCC4)nc(-c4ccccc4)c3CC[C@@H]2[C@@H](C)C1=O.[C-]#[N+]C1=C[C@@]2(C)c3nc(C4CCCCC4)nc(-c4ccccc4)c3CC[C@@H]2[C@@H](C)C1=O.[C-]#[N+]C1=C[C@@]2(C)c3nc(C4CCN(C(C)=O)CC4)nc(-c4ccccc4)c3CC[C@@H]2[C@@H](C)C1=O. The van der Waals surface area contributed by atoms with E-state index in [9.17, 15) is 24.3 Å². The average Bonchev–Trinajstić information content (AvgIpc) is 0.721. The lowest BCUT2D eigenvalue weighted by Crippen LogP contribution is -2.46. The molecule has 1 N–H and O–H groups in total. The van der Waals surface area contributed by atoms with Gasteiger partial charge >= 0.3 is 0 Å². The molecule has 11 aliphatic carbocycles. The Balaban J connectivity index is -0.0000000360. The molecule has 4 fully saturated rings. The monoisotopic (exact) mass is 2130 g/mol. The van der Waals surface area contributed by atoms with Crippen molar-refractivity contribution in [3.63, 3.8) is 0 Å². The van der Waals surface area contributed by atoms with Gasteiger partial charge in [-0.15, -0.1) is 12.4 Å². The molecule has 794 valence electrons. The number of rotatable bonds is 8. The number of Topliss-reactive ketones (excluding diaryl/α,β-unsaturated/α-hetero) is 3. The third kappa shape index (κ3) is 16.6. The van der Waals surface area contributed by atoms with Crippen molar-refractivity contribution >= 4 is 35.7 Å². The summed E-state index contributed by atoms with van der Waals surface area (Å²) in [5, 5.41) is 10.7. The minimum atomic E-state index is -0.484. The maximum Gasteiger partial charge on any atom is 0.226 e. The first-order valence-electron chi connectivity index (χ1n) is 114. The van der Waals surface area contributed by atoms with Crippen molar-refractivity contribution in [1.82, 2.24) is 44.8 Å². The Morgan fingerprint density at radius 1 is 0.383 bits per heavy atom. The third-order valence-corrected chi connectivity index (χ3v) is 32.0. The minimum Gasteiger partial charge on any atom is -0.523 e. The van der Waals surface area contributed by atoms with Crippen LogP contribution in [0, 0.1) is 73.6 Å². The number of hydrogen-bond donors (Lipinski definition) is 1. The molecule has 1 saturated heterocycles. The van der Waals surface area contributed by atoms with Crippen LogP contribution in [0.5, 0.6) is 0 Å². The fourth-order valence-electron chi connectivity index (χ4n) is 24.9. The molecule has 0 spiro atoms. The van der Waals surface area contributed by atoms with E-state index in [1.54, 1.807) is 6.92 Å². The Morgan fingerprint density at radius 2 is 0.656 bits per heavy atom. The van der Waals surface area contributed by atoms with E-state index in [1.165, 1.54) is 74.5 Å². The number of aliphatic hydroxyl groups is 1. The van der Waals surface area contributed by atoms with Gasteiger partial charge in [-0.1, -0.05) is 253 Å². The molecule has 4 aromatic carbocycles. The number of ketones is 3. The van der Waals surface area contributed by atoms with Crippen LogP contribution in [0.3, 0.4) is 0 Å². The van der Waals surface area contributed by atoms with Gasteiger partial charge in [-0.3, -0.25) is 4.79 Å². The minimum absolute atomic E-state index is 0. The van der Waals surface area contributed by atoms with Gasteiger partial charge in [-0.2, -0.15) is 0 Å². The zero-order valence-corrected chi connectivity index (χ0v) is 76.6. The van der Waals surface area contributed by atoms with Crippen LogP contribution < -0.4 is 0 Å². The number of aliphatic hydroxyl groups excluding tert-OH is 1. The first kappa shape index (κ1) is 39.6. The van der Waals surface area contributed by atoms with Gasteiger partial charge in [-0.25, -0.2) is 59.3 Å². The molecule has 12 atom stereocenters. The van der Waals surface area contributed by atoms with Crippen molar-refractivity contribution in [2.75, 3.05) is 13.1 Å². The van der Waals surface area contributed by atoms with E-state index in [0.29, 0.717) is 54.6 Å². The largest absolute Gasteiger partial charge is 0.523 e. The number of carbonyl (C=O) groups excluding carboxylic acids is 4. The normalized spacial score (nSPS) is 31.9. The van der Waals surface area contributed by atoms with E-state index in [1.807, 2.05) is 74.2 Å². The molecule has 8 aromatic rings. The summed E-state index contributed by atoms with van der Waals surface area (Å²) < 4.78 is 670. The van der Waals surface area contributed by atoms with E-state index in [4.69, 9.17) is 265 Å². The van der Waals surface area contributed by atoms with Crippen LogP contribution in [0.2, 0.25) is 0 Å². The summed E-state index contributed by atoms with van der Waals surface area (Å²) >= 11 is 0. The summed E-state index contributed by atoms with van der Waals surface area (Å²) in [5.41, 5.74) is 17.4. The van der Waals surface area contributed by atoms with Gasteiger partial charge in [0.2, 0.25) is 28.7 Å². The summed E-state index contributed by atoms with van der Waals surface area (Å²) in [7, 11) is 0. The molecule has 5 heterocycles. The fraction of sp³-hybridized carbons (Fsp3) is 0.486. The summed E-state index contributed by atoms with van der Waals surface area (Å²) in [6.07, 6.45) is 33.4. The lowest BCUT2D eigenvalue weighted by molar-refractivity contribution is -0.130. The highest BCUT2D eigenvalue weighted by atomic mass is 35.5. The predicted molar refractivity (Wildman–Crippen MR) is 646 cm³/mol. The smallest absolute Gasteiger partial charge is 0.226 e. The average molecular weight is 2140 g/mol. The third-order valence-electron chi connectivity index (χ3n) is 32.0. The van der Waals surface area contributed by atoms with Gasteiger partial charge in [0.1, 0.15) is 23.3 Å². The Kier molecular flexibility index (Phi) is 11.6. The number of nitrogens with zero attached hydrogens (tertiary/aromatic N) is 13. The second kappa shape index (κ2) is 37.4. The van der Waals surface area contributed by atoms with Crippen LogP contribution in [-0.4, -0.2) is 86.2 Å². The Labute approximate surface area is 970 Å². The second-order valence-corrected chi connectivity index (χ2v) is 39.4. The Bertz CT molecular complexity index is 6000. The van der Waals surface area contributed by atoms with E-state index in [-0.39, 0.29) is 107 Å². The molecule has 12 aliphatic rings. The van der Waals surface area contributed by atoms with Crippen LogP contribution in [0.25, 0.3) is 64.4 Å². The van der Waals surface area contributed by atoms with Crippen LogP contribution in [-0.2, 0) is 66.5 Å². The molecular formula is C109H256ClN13O5. The number of piperidine rings is 1. The number of fused-ring (bicyclic) bond motifs is 12. The number of allylic oxidation sites excluding steroid dienone is 8. The van der Waals surface area contributed by atoms with Gasteiger partial charge in [0.25, 0.3) is 0 Å². The number of amides is 1. The molecule has 128 heavy (non-hydrogen) atoms. The van der Waals surface area contributed by atoms with Crippen molar-refractivity contribution in [1.29, 1.82) is 0 Å². The number of likely N-dealkylation sites (tertiary alicyclic amines) is 1. The molecule has 4 aromatic heterocycles. The number of hydrogen-bond acceptors (Lipinski definition) is 13. The predicted octanol–water partition coefficient (Wildman–Crippen LogP) is 40.7. The molecule has 20 rings (SSSR count). The standard InChI is InChI=1S/C28H30N4O2.C27H31N3O.2C27H29N3O.ClH.68H2/c1-17-22-11-10-21-24(19-8-6-5-7-9-19)30-27(20-12-14-32(15-13-20)18(2)33)31-26(21)28(22,3)16-23(29-4)25(17)34;3*1-17-21-15-14-20-23(18-10-6-4-7-11-18)29-26(19-12-8-5-9-13-19)30-25(20)27(21,2)16-22(28-3)24(17)31;;;;;;;;;;;;;;;;;;;;;;;;;;;;;;;;;;;;;;;;;;;;;;;;;;;;;;;;;;;;;;;;;;;;;/h5-9,16-17,20,22H,10-15H2,1-3H3;4,6-7,10-11,17,19,21,31H,5,8-9,12-16H2,1-2H3;2*4,6-7,10-11,16-17,19,21H,5,8-9,12-15H2,1-2H3;69*1H/t17-,22-,28-;3*17-,21-,27-;;;;;;;;;;;;;;;;;;;;;;;;;;;;;;;;;;;;;;;;;;;;;;;;;;;;;;;;;;;;;;;;;;;;;/m1111...................................................................../s1/i;;;;;67*1+2T;1+2. The molecule has 0 bridgehead atoms. The van der Waals surface area contributed by atoms with Crippen molar-refractivity contribution in [2.45, 2.75) is 275 Å². The highest BCUT2D eigenvalue weighted by Crippen LogP contribution is 2.58. The van der Waals surface area contributed by atoms with Crippen LogP contribution in [0.1, 0.15) is 496 Å². The number of halogens is 1. The molecule has 0 unspecified atom stereocenters. The highest BCUT2D eigenvalue weighted by molar-refractivity contribution is 6.02. The Hall–Kier alpha value is -11.3. The fourth-order valence-corrected chi connectivity index (χ4v) is 24.9. The number of benzene rings is 4. The lowest BCUT2D eigenvalue weighted by atomic mass is 9.57. The summed E-state index contributed by atoms with van der Waals surface area (Å²) in [6, 6.07) is 41.6. The van der Waals surface area contributed by atoms with E-state index >= 15 is 0 Å². The molecule has 18 nitrogen and oxygen atoms in total. The maximum absolute atomic E-state index is 12.8. The maximum atomic E-state index is 12.8. The van der Waals surface area contributed by atoms with Crippen molar-refractivity contribution in [3.8, 4) is 45.0 Å². The molecule has 0 radical (unpaired) electrons. The van der Waals surface area contributed by atoms with Crippen LogP contribution in [0.4, 0.5) is 0 Å². The topological polar surface area (TPSA) is 212 Å². The summed E-state index contributed by atoms with van der Waals surface area (Å²) in [4.78, 5) is 108. The van der Waals surface area contributed by atoms with Crippen LogP contribution >= 0.6 is 12.4 Å². The molecular weight excluding hydrogens is 1610 g/mol. The van der Waals surface area contributed by atoms with E-state index < -0.39 is 16.2 Å². The number of carbonyl (C=O) groups is 4. The first-order chi connectivity index (χ1) is 128. The van der Waals surface area contributed by atoms with E-state index in [2.05, 4.69) is 145 Å². The van der Waals surface area contributed by atoms with Gasteiger partial charge in [0.05, 0.1) is 77.6 Å². The molecule has 19 heteroatoms. The molecule has 3 saturated carbocycles. The zero-order chi connectivity index (χ0) is 223.